The lowest BCUT2D eigenvalue weighted by atomic mass is 9.95. The van der Waals surface area contributed by atoms with E-state index in [1.807, 2.05) is 13.0 Å². The van der Waals surface area contributed by atoms with Crippen LogP contribution in [0.15, 0.2) is 22.7 Å². The summed E-state index contributed by atoms with van der Waals surface area (Å²) in [7, 11) is 0. The topological polar surface area (TPSA) is 56.0 Å². The number of carbonyl (C=O) groups excluding carboxylic acids is 1. The molecular weight excluding hydrogens is 252 g/mol. The van der Waals surface area contributed by atoms with E-state index in [0.717, 1.165) is 24.8 Å². The Labute approximate surface area is 118 Å². The van der Waals surface area contributed by atoms with Crippen LogP contribution in [-0.4, -0.2) is 15.9 Å². The Morgan fingerprint density at radius 2 is 2.30 bits per heavy atom. The van der Waals surface area contributed by atoms with Gasteiger partial charge in [0.05, 0.1) is 0 Å². The highest BCUT2D eigenvalue weighted by Gasteiger charge is 2.24. The maximum Gasteiger partial charge on any atom is 0.226 e. The molecule has 1 aliphatic rings. The van der Waals surface area contributed by atoms with E-state index in [0.29, 0.717) is 24.1 Å². The van der Waals surface area contributed by atoms with Gasteiger partial charge in [-0.15, -0.1) is 0 Å². The fourth-order valence-corrected chi connectivity index (χ4v) is 2.92. The first kappa shape index (κ1) is 13.0. The Morgan fingerprint density at radius 1 is 1.45 bits per heavy atom. The molecule has 104 valence electrons. The van der Waals surface area contributed by atoms with Crippen molar-refractivity contribution in [1.29, 1.82) is 0 Å². The Morgan fingerprint density at radius 3 is 3.00 bits per heavy atom. The van der Waals surface area contributed by atoms with E-state index in [-0.39, 0.29) is 5.78 Å². The van der Waals surface area contributed by atoms with Gasteiger partial charge in [-0.05, 0) is 42.9 Å². The number of Topliss-reactive ketones (excluding diaryl/α,β-unsaturated/α-hetero) is 1. The minimum Gasteiger partial charge on any atom is -0.339 e. The SMILES string of the molecule is CCc1nc(-c2ccc3c(c2)CC[C@H]3CC(C)=O)no1. The maximum absolute atomic E-state index is 11.3. The molecule has 0 radical (unpaired) electrons. The van der Waals surface area contributed by atoms with E-state index in [2.05, 4.69) is 22.3 Å². The van der Waals surface area contributed by atoms with Gasteiger partial charge in [-0.3, -0.25) is 0 Å². The second-order valence-electron chi connectivity index (χ2n) is 5.42. The van der Waals surface area contributed by atoms with Gasteiger partial charge in [0.15, 0.2) is 0 Å². The number of fused-ring (bicyclic) bond motifs is 1. The summed E-state index contributed by atoms with van der Waals surface area (Å²) in [5.41, 5.74) is 3.62. The molecule has 1 aromatic carbocycles. The molecule has 0 spiro atoms. The molecule has 1 aromatic heterocycles. The number of ketones is 1. The summed E-state index contributed by atoms with van der Waals surface area (Å²) in [5, 5.41) is 4.01. The van der Waals surface area contributed by atoms with Crippen molar-refractivity contribution >= 4 is 5.78 Å². The number of aromatic nitrogens is 2. The van der Waals surface area contributed by atoms with Gasteiger partial charge < -0.3 is 9.32 Å². The summed E-state index contributed by atoms with van der Waals surface area (Å²) in [6.45, 7) is 3.66. The predicted octanol–water partition coefficient (Wildman–Crippen LogP) is 3.31. The minimum absolute atomic E-state index is 0.262. The first-order chi connectivity index (χ1) is 9.67. The number of hydrogen-bond donors (Lipinski definition) is 0. The van der Waals surface area contributed by atoms with Gasteiger partial charge in [0, 0.05) is 18.4 Å². The molecule has 0 saturated carbocycles. The van der Waals surface area contributed by atoms with Gasteiger partial charge in [-0.2, -0.15) is 4.98 Å². The summed E-state index contributed by atoms with van der Waals surface area (Å²) in [4.78, 5) is 15.7. The van der Waals surface area contributed by atoms with E-state index < -0.39 is 0 Å². The molecule has 0 amide bonds. The molecule has 0 unspecified atom stereocenters. The highest BCUT2D eigenvalue weighted by molar-refractivity contribution is 5.76. The Balaban J connectivity index is 1.89. The average molecular weight is 270 g/mol. The number of hydrogen-bond acceptors (Lipinski definition) is 4. The van der Waals surface area contributed by atoms with Gasteiger partial charge in [0.1, 0.15) is 5.78 Å². The molecule has 1 aliphatic carbocycles. The summed E-state index contributed by atoms with van der Waals surface area (Å²) < 4.78 is 5.16. The summed E-state index contributed by atoms with van der Waals surface area (Å²) in [6.07, 6.45) is 3.48. The van der Waals surface area contributed by atoms with Crippen LogP contribution in [0.4, 0.5) is 0 Å². The second-order valence-corrected chi connectivity index (χ2v) is 5.42. The Bertz CT molecular complexity index is 646. The number of nitrogens with zero attached hydrogens (tertiary/aromatic N) is 2. The van der Waals surface area contributed by atoms with Crippen molar-refractivity contribution in [3.63, 3.8) is 0 Å². The van der Waals surface area contributed by atoms with Crippen LogP contribution in [0.5, 0.6) is 0 Å². The van der Waals surface area contributed by atoms with Crippen molar-refractivity contribution < 1.29 is 9.32 Å². The molecule has 0 fully saturated rings. The zero-order valence-electron chi connectivity index (χ0n) is 11.8. The number of aryl methyl sites for hydroxylation is 2. The molecule has 3 rings (SSSR count). The lowest BCUT2D eigenvalue weighted by molar-refractivity contribution is -0.117. The van der Waals surface area contributed by atoms with E-state index in [9.17, 15) is 4.79 Å². The van der Waals surface area contributed by atoms with Crippen molar-refractivity contribution in [3.8, 4) is 11.4 Å². The molecule has 1 atom stereocenters. The molecular formula is C16H18N2O2. The van der Waals surface area contributed by atoms with E-state index in [1.54, 1.807) is 6.92 Å². The largest absolute Gasteiger partial charge is 0.339 e. The number of carbonyl (C=O) groups is 1. The first-order valence-corrected chi connectivity index (χ1v) is 7.12. The van der Waals surface area contributed by atoms with Crippen molar-refractivity contribution in [1.82, 2.24) is 10.1 Å². The van der Waals surface area contributed by atoms with E-state index in [4.69, 9.17) is 4.52 Å². The quantitative estimate of drug-likeness (QED) is 0.855. The monoisotopic (exact) mass is 270 g/mol. The molecule has 4 heteroatoms. The lowest BCUT2D eigenvalue weighted by Gasteiger charge is -2.09. The predicted molar refractivity (Wildman–Crippen MR) is 75.5 cm³/mol. The second kappa shape index (κ2) is 5.19. The molecule has 4 nitrogen and oxygen atoms in total. The van der Waals surface area contributed by atoms with Crippen molar-refractivity contribution in [2.75, 3.05) is 0 Å². The highest BCUT2D eigenvalue weighted by atomic mass is 16.5. The van der Waals surface area contributed by atoms with Gasteiger partial charge in [-0.1, -0.05) is 24.2 Å². The van der Waals surface area contributed by atoms with Crippen LogP contribution in [0.3, 0.4) is 0 Å². The number of benzene rings is 1. The molecule has 1 heterocycles. The van der Waals surface area contributed by atoms with E-state index in [1.165, 1.54) is 11.1 Å². The van der Waals surface area contributed by atoms with Crippen LogP contribution in [0.2, 0.25) is 0 Å². The lowest BCUT2D eigenvalue weighted by Crippen LogP contribution is -2.00. The van der Waals surface area contributed by atoms with Gasteiger partial charge in [-0.25, -0.2) is 0 Å². The van der Waals surface area contributed by atoms with Crippen LogP contribution in [0.1, 0.15) is 49.6 Å². The highest BCUT2D eigenvalue weighted by Crippen LogP contribution is 2.37. The summed E-state index contributed by atoms with van der Waals surface area (Å²) >= 11 is 0. The van der Waals surface area contributed by atoms with Gasteiger partial charge in [0.2, 0.25) is 11.7 Å². The molecule has 20 heavy (non-hydrogen) atoms. The van der Waals surface area contributed by atoms with Crippen LogP contribution >= 0.6 is 0 Å². The zero-order chi connectivity index (χ0) is 14.1. The molecule has 2 aromatic rings. The third kappa shape index (κ3) is 2.38. The third-order valence-electron chi connectivity index (χ3n) is 3.91. The van der Waals surface area contributed by atoms with Crippen LogP contribution in [0.25, 0.3) is 11.4 Å². The van der Waals surface area contributed by atoms with Crippen molar-refractivity contribution in [2.24, 2.45) is 0 Å². The Hall–Kier alpha value is -1.97. The van der Waals surface area contributed by atoms with Crippen LogP contribution in [-0.2, 0) is 17.6 Å². The van der Waals surface area contributed by atoms with Crippen LogP contribution in [0, 0.1) is 0 Å². The minimum atomic E-state index is 0.262. The molecule has 0 saturated heterocycles. The number of rotatable bonds is 4. The first-order valence-electron chi connectivity index (χ1n) is 7.12. The Kier molecular flexibility index (Phi) is 3.38. The van der Waals surface area contributed by atoms with Crippen molar-refractivity contribution in [3.05, 3.63) is 35.2 Å². The fourth-order valence-electron chi connectivity index (χ4n) is 2.92. The zero-order valence-corrected chi connectivity index (χ0v) is 11.8. The normalized spacial score (nSPS) is 17.2. The fraction of sp³-hybridized carbons (Fsp3) is 0.438. The van der Waals surface area contributed by atoms with Gasteiger partial charge in [0.25, 0.3) is 0 Å². The standard InChI is InChI=1S/C16H18N2O2/c1-3-15-17-16(18-20-15)13-6-7-14-11(8-10(2)19)4-5-12(14)9-13/h6-7,9,11H,3-5,8H2,1-2H3/t11-/m0/s1. The summed E-state index contributed by atoms with van der Waals surface area (Å²) in [5.74, 6) is 1.96. The van der Waals surface area contributed by atoms with Gasteiger partial charge >= 0.3 is 0 Å². The molecule has 0 N–H and O–H groups in total. The molecule has 0 bridgehead atoms. The van der Waals surface area contributed by atoms with E-state index >= 15 is 0 Å². The summed E-state index contributed by atoms with van der Waals surface area (Å²) in [6, 6.07) is 6.29. The molecule has 0 aliphatic heterocycles. The van der Waals surface area contributed by atoms with Crippen LogP contribution < -0.4 is 0 Å². The van der Waals surface area contributed by atoms with Crippen molar-refractivity contribution in [2.45, 2.75) is 45.4 Å². The third-order valence-corrected chi connectivity index (χ3v) is 3.91. The smallest absolute Gasteiger partial charge is 0.226 e. The maximum atomic E-state index is 11.3. The average Bonchev–Trinajstić information content (AvgIpc) is 3.05.